The second-order valence-corrected chi connectivity index (χ2v) is 13.8. The summed E-state index contributed by atoms with van der Waals surface area (Å²) in [6, 6.07) is 7.02. The predicted molar refractivity (Wildman–Crippen MR) is 171 cm³/mol. The van der Waals surface area contributed by atoms with Crippen LogP contribution in [0, 0.1) is 18.3 Å². The summed E-state index contributed by atoms with van der Waals surface area (Å²) in [5, 5.41) is 0. The molecule has 1 saturated carbocycles. The lowest BCUT2D eigenvalue weighted by atomic mass is 9.65. The highest BCUT2D eigenvalue weighted by atomic mass is 16.6. The molecule has 1 aromatic heterocycles. The summed E-state index contributed by atoms with van der Waals surface area (Å²) in [4.78, 5) is 47.9. The standard InChI is InChI=1S/C35H48N4O6/c1-25-29(38-18-12-31(40)39(32(38)41)24-27-6-8-28(43-5)9-7-27)22-36-23-30(25)44-21-13-26-10-14-35(15-11-26)16-19-37(20-17-35)33(42)45-34(2,3)4/h6-9,22-23,26H,10-21,24H2,1-5H3. The first-order valence-electron chi connectivity index (χ1n) is 16.3. The molecule has 1 aromatic carbocycles. The van der Waals surface area contributed by atoms with E-state index >= 15 is 0 Å². The quantitative estimate of drug-likeness (QED) is 0.322. The van der Waals surface area contributed by atoms with Crippen molar-refractivity contribution in [1.82, 2.24) is 14.8 Å². The van der Waals surface area contributed by atoms with Gasteiger partial charge in [-0.3, -0.25) is 19.6 Å². The molecule has 1 aliphatic carbocycles. The molecule has 2 saturated heterocycles. The fourth-order valence-corrected chi connectivity index (χ4v) is 6.80. The maximum absolute atomic E-state index is 13.5. The molecule has 1 spiro atoms. The van der Waals surface area contributed by atoms with Crippen LogP contribution in [0.15, 0.2) is 36.7 Å². The number of aromatic nitrogens is 1. The Morgan fingerprint density at radius 2 is 1.69 bits per heavy atom. The number of hydrogen-bond acceptors (Lipinski definition) is 7. The van der Waals surface area contributed by atoms with Gasteiger partial charge < -0.3 is 19.1 Å². The maximum Gasteiger partial charge on any atom is 0.410 e. The summed E-state index contributed by atoms with van der Waals surface area (Å²) in [5.74, 6) is 1.81. The van der Waals surface area contributed by atoms with Gasteiger partial charge >= 0.3 is 12.1 Å². The van der Waals surface area contributed by atoms with Crippen LogP contribution in [-0.4, -0.2) is 71.8 Å². The van der Waals surface area contributed by atoms with Crippen molar-refractivity contribution in [2.45, 2.75) is 91.2 Å². The van der Waals surface area contributed by atoms with Crippen molar-refractivity contribution >= 4 is 23.7 Å². The Balaban J connectivity index is 1.11. The van der Waals surface area contributed by atoms with E-state index in [0.717, 1.165) is 49.2 Å². The number of carbonyl (C=O) groups is 3. The smallest absolute Gasteiger partial charge is 0.410 e. The van der Waals surface area contributed by atoms with E-state index < -0.39 is 5.60 Å². The zero-order valence-electron chi connectivity index (χ0n) is 27.5. The van der Waals surface area contributed by atoms with E-state index in [9.17, 15) is 14.4 Å². The van der Waals surface area contributed by atoms with Gasteiger partial charge in [-0.25, -0.2) is 9.59 Å². The topological polar surface area (TPSA) is 102 Å². The number of methoxy groups -OCH3 is 1. The third-order valence-corrected chi connectivity index (χ3v) is 9.67. The molecular weight excluding hydrogens is 572 g/mol. The summed E-state index contributed by atoms with van der Waals surface area (Å²) < 4.78 is 17.0. The zero-order chi connectivity index (χ0) is 32.2. The highest BCUT2D eigenvalue weighted by Gasteiger charge is 2.40. The van der Waals surface area contributed by atoms with Crippen LogP contribution in [0.2, 0.25) is 0 Å². The molecule has 3 aliphatic rings. The molecule has 0 unspecified atom stereocenters. The number of rotatable bonds is 8. The average Bonchev–Trinajstić information content (AvgIpc) is 3.01. The molecule has 5 rings (SSSR count). The Hall–Kier alpha value is -3.82. The summed E-state index contributed by atoms with van der Waals surface area (Å²) in [5.41, 5.74) is 2.24. The number of piperidine rings is 1. The number of pyridine rings is 1. The summed E-state index contributed by atoms with van der Waals surface area (Å²) in [7, 11) is 1.60. The number of nitrogens with zero attached hydrogens (tertiary/aromatic N) is 4. The molecule has 3 heterocycles. The molecular formula is C35H48N4O6. The Bertz CT molecular complexity index is 1350. The first-order chi connectivity index (χ1) is 21.5. The van der Waals surface area contributed by atoms with Gasteiger partial charge in [0.2, 0.25) is 5.91 Å². The second-order valence-electron chi connectivity index (χ2n) is 13.8. The molecule has 0 atom stereocenters. The van der Waals surface area contributed by atoms with E-state index in [-0.39, 0.29) is 31.0 Å². The minimum Gasteiger partial charge on any atom is -0.497 e. The van der Waals surface area contributed by atoms with Crippen LogP contribution in [0.4, 0.5) is 15.3 Å². The lowest BCUT2D eigenvalue weighted by Crippen LogP contribution is -2.52. The molecule has 244 valence electrons. The lowest BCUT2D eigenvalue weighted by Gasteiger charge is -2.46. The Labute approximate surface area is 267 Å². The highest BCUT2D eigenvalue weighted by Crippen LogP contribution is 2.47. The summed E-state index contributed by atoms with van der Waals surface area (Å²) in [6.07, 6.45) is 11.2. The summed E-state index contributed by atoms with van der Waals surface area (Å²) in [6.45, 7) is 10.3. The SMILES string of the molecule is COc1ccc(CN2C(=O)CCN(c3cncc(OCCC4CCC5(CC4)CCN(C(=O)OC(C)(C)C)CC5)c3C)C2=O)cc1. The first kappa shape index (κ1) is 32.6. The molecule has 4 amide bonds. The van der Waals surface area contributed by atoms with Gasteiger partial charge in [0, 0.05) is 31.6 Å². The van der Waals surface area contributed by atoms with Gasteiger partial charge in [0.05, 0.1) is 38.3 Å². The van der Waals surface area contributed by atoms with Gasteiger partial charge in [-0.15, -0.1) is 0 Å². The molecule has 10 nitrogen and oxygen atoms in total. The minimum atomic E-state index is -0.465. The largest absolute Gasteiger partial charge is 0.497 e. The number of imide groups is 1. The van der Waals surface area contributed by atoms with Gasteiger partial charge in [0.15, 0.2) is 0 Å². The monoisotopic (exact) mass is 620 g/mol. The number of urea groups is 1. The van der Waals surface area contributed by atoms with Gasteiger partial charge in [-0.05, 0) is 102 Å². The third kappa shape index (κ3) is 7.89. The van der Waals surface area contributed by atoms with Crippen LogP contribution < -0.4 is 14.4 Å². The fraction of sp³-hybridized carbons (Fsp3) is 0.600. The van der Waals surface area contributed by atoms with Crippen molar-refractivity contribution in [1.29, 1.82) is 0 Å². The molecule has 0 bridgehead atoms. The molecule has 45 heavy (non-hydrogen) atoms. The highest BCUT2D eigenvalue weighted by molar-refractivity contribution is 6.06. The van der Waals surface area contributed by atoms with E-state index in [1.807, 2.05) is 56.9 Å². The van der Waals surface area contributed by atoms with Crippen molar-refractivity contribution in [2.24, 2.45) is 11.3 Å². The number of ether oxygens (including phenoxy) is 3. The van der Waals surface area contributed by atoms with Crippen LogP contribution in [0.1, 0.15) is 83.3 Å². The van der Waals surface area contributed by atoms with Crippen molar-refractivity contribution < 1.29 is 28.6 Å². The number of anilines is 1. The maximum atomic E-state index is 13.5. The van der Waals surface area contributed by atoms with Crippen LogP contribution in [0.25, 0.3) is 0 Å². The van der Waals surface area contributed by atoms with Gasteiger partial charge in [0.1, 0.15) is 17.1 Å². The molecule has 3 fully saturated rings. The van der Waals surface area contributed by atoms with Crippen LogP contribution in [0.3, 0.4) is 0 Å². The third-order valence-electron chi connectivity index (χ3n) is 9.67. The summed E-state index contributed by atoms with van der Waals surface area (Å²) >= 11 is 0. The van der Waals surface area contributed by atoms with Crippen LogP contribution >= 0.6 is 0 Å². The van der Waals surface area contributed by atoms with E-state index in [0.29, 0.717) is 35.9 Å². The minimum absolute atomic E-state index is 0.187. The number of carbonyl (C=O) groups excluding carboxylic acids is 3. The fourth-order valence-electron chi connectivity index (χ4n) is 6.80. The normalized spacial score (nSPS) is 19.2. The van der Waals surface area contributed by atoms with Gasteiger partial charge in [0.25, 0.3) is 0 Å². The van der Waals surface area contributed by atoms with E-state index in [2.05, 4.69) is 4.98 Å². The molecule has 2 aromatic rings. The number of benzene rings is 1. The first-order valence-corrected chi connectivity index (χ1v) is 16.3. The van der Waals surface area contributed by atoms with Crippen molar-refractivity contribution in [2.75, 3.05) is 38.3 Å². The molecule has 0 radical (unpaired) electrons. The van der Waals surface area contributed by atoms with Crippen LogP contribution in [0.5, 0.6) is 11.5 Å². The Morgan fingerprint density at radius 1 is 1.00 bits per heavy atom. The van der Waals surface area contributed by atoms with Gasteiger partial charge in [-0.1, -0.05) is 12.1 Å². The van der Waals surface area contributed by atoms with Crippen molar-refractivity contribution in [3.8, 4) is 11.5 Å². The van der Waals surface area contributed by atoms with Crippen molar-refractivity contribution in [3.63, 3.8) is 0 Å². The van der Waals surface area contributed by atoms with E-state index in [4.69, 9.17) is 14.2 Å². The Morgan fingerprint density at radius 3 is 2.33 bits per heavy atom. The second kappa shape index (κ2) is 13.7. The van der Waals surface area contributed by atoms with Crippen molar-refractivity contribution in [3.05, 3.63) is 47.8 Å². The van der Waals surface area contributed by atoms with Crippen LogP contribution in [-0.2, 0) is 16.1 Å². The lowest BCUT2D eigenvalue weighted by molar-refractivity contribution is -0.129. The van der Waals surface area contributed by atoms with E-state index in [1.54, 1.807) is 24.4 Å². The average molecular weight is 621 g/mol. The molecule has 10 heteroatoms. The molecule has 0 N–H and O–H groups in total. The molecule has 2 aliphatic heterocycles. The van der Waals surface area contributed by atoms with E-state index in [1.165, 1.54) is 30.6 Å². The van der Waals surface area contributed by atoms with Gasteiger partial charge in [-0.2, -0.15) is 0 Å². The number of hydrogen-bond donors (Lipinski definition) is 0. The predicted octanol–water partition coefficient (Wildman–Crippen LogP) is 6.73. The Kier molecular flexibility index (Phi) is 9.89. The zero-order valence-corrected chi connectivity index (χ0v) is 27.5. The number of amides is 4. The number of likely N-dealkylation sites (tertiary alicyclic amines) is 1.